The van der Waals surface area contributed by atoms with Gasteiger partial charge in [-0.2, -0.15) is 8.78 Å². The van der Waals surface area contributed by atoms with Crippen LogP contribution in [-0.2, 0) is 0 Å². The van der Waals surface area contributed by atoms with Crippen LogP contribution in [0.4, 0.5) is 14.5 Å². The summed E-state index contributed by atoms with van der Waals surface area (Å²) in [5.74, 6) is -1.02. The molecule has 0 saturated heterocycles. The summed E-state index contributed by atoms with van der Waals surface area (Å²) in [6.07, 6.45) is 0. The lowest BCUT2D eigenvalue weighted by Gasteiger charge is -2.12. The maximum absolute atomic E-state index is 12.2. The minimum atomic E-state index is -3.23. The van der Waals surface area contributed by atoms with E-state index in [1.165, 1.54) is 0 Å². The number of carbonyl (C=O) groups excluding carboxylic acids is 1. The van der Waals surface area contributed by atoms with Gasteiger partial charge in [0.1, 0.15) is 0 Å². The quantitative estimate of drug-likeness (QED) is 0.471. The number of rotatable bonds is 5. The first-order valence-electron chi connectivity index (χ1n) is 4.38. The molecule has 0 fully saturated rings. The molecule has 0 aliphatic heterocycles. The van der Waals surface area contributed by atoms with E-state index in [1.54, 1.807) is 0 Å². The number of alkyl halides is 2. The molecule has 0 spiro atoms. The molecule has 0 unspecified atom stereocenters. The average Bonchev–Trinajstić information content (AvgIpc) is 2.27. The highest BCUT2D eigenvalue weighted by Crippen LogP contribution is 2.37. The normalized spacial score (nSPS) is 10.3. The highest BCUT2D eigenvalue weighted by atomic mass is 35.5. The zero-order valence-corrected chi connectivity index (χ0v) is 9.61. The molecular weight excluding hydrogens is 276 g/mol. The fraction of sp³-hybridized carbons (Fsp3) is 0.222. The fourth-order valence-corrected chi connectivity index (χ4v) is 1.34. The first kappa shape index (κ1) is 14.1. The molecule has 1 aromatic carbocycles. The number of non-ortho nitro benzene ring substituents is 1. The Morgan fingerprint density at radius 3 is 2.50 bits per heavy atom. The molecule has 0 aromatic heterocycles. The molecule has 0 bridgehead atoms. The Balaban J connectivity index is 3.45. The summed E-state index contributed by atoms with van der Waals surface area (Å²) in [4.78, 5) is 20.8. The van der Waals surface area contributed by atoms with Crippen LogP contribution in [0.2, 0.25) is 0 Å². The van der Waals surface area contributed by atoms with Crippen molar-refractivity contribution < 1.29 is 28.0 Å². The van der Waals surface area contributed by atoms with Crippen molar-refractivity contribution in [2.24, 2.45) is 0 Å². The molecule has 98 valence electrons. The van der Waals surface area contributed by atoms with Crippen LogP contribution < -0.4 is 9.47 Å². The highest BCUT2D eigenvalue weighted by Gasteiger charge is 2.24. The Bertz CT molecular complexity index is 494. The van der Waals surface area contributed by atoms with E-state index in [4.69, 9.17) is 11.6 Å². The van der Waals surface area contributed by atoms with Crippen LogP contribution >= 0.6 is 11.6 Å². The van der Waals surface area contributed by atoms with E-state index in [1.807, 2.05) is 0 Å². The van der Waals surface area contributed by atoms with Gasteiger partial charge in [-0.05, 0) is 11.6 Å². The van der Waals surface area contributed by atoms with Crippen LogP contribution in [-0.4, -0.2) is 23.9 Å². The zero-order chi connectivity index (χ0) is 13.9. The van der Waals surface area contributed by atoms with Crippen LogP contribution in [0.5, 0.6) is 11.5 Å². The number of nitrogens with zero attached hydrogens (tertiary/aromatic N) is 1. The Morgan fingerprint density at radius 1 is 1.50 bits per heavy atom. The first-order chi connectivity index (χ1) is 8.36. The molecule has 0 N–H and O–H groups in total. The highest BCUT2D eigenvalue weighted by molar-refractivity contribution is 6.68. The number of hydrogen-bond donors (Lipinski definition) is 0. The van der Waals surface area contributed by atoms with Gasteiger partial charge in [-0.25, -0.2) is 0 Å². The van der Waals surface area contributed by atoms with Gasteiger partial charge in [0.25, 0.3) is 10.9 Å². The van der Waals surface area contributed by atoms with Crippen molar-refractivity contribution >= 4 is 22.5 Å². The molecule has 18 heavy (non-hydrogen) atoms. The number of methoxy groups -OCH3 is 1. The summed E-state index contributed by atoms with van der Waals surface area (Å²) in [5, 5.41) is 9.41. The third kappa shape index (κ3) is 3.04. The van der Waals surface area contributed by atoms with Crippen LogP contribution in [0.1, 0.15) is 10.4 Å². The van der Waals surface area contributed by atoms with Crippen LogP contribution in [0, 0.1) is 10.1 Å². The number of carbonyl (C=O) groups is 1. The Kier molecular flexibility index (Phi) is 4.38. The van der Waals surface area contributed by atoms with Crippen molar-refractivity contribution in [1.29, 1.82) is 0 Å². The van der Waals surface area contributed by atoms with Gasteiger partial charge in [0.15, 0.2) is 11.5 Å². The Labute approximate surface area is 104 Å². The van der Waals surface area contributed by atoms with E-state index in [2.05, 4.69) is 9.47 Å². The Morgan fingerprint density at radius 2 is 2.11 bits per heavy atom. The molecule has 1 aromatic rings. The fourth-order valence-electron chi connectivity index (χ4n) is 1.20. The van der Waals surface area contributed by atoms with Crippen LogP contribution in [0.25, 0.3) is 0 Å². The standard InChI is InChI=1S/C9H6ClF2NO5/c1-17-6-3-4(13(15)16)2-5(8(10)14)7(6)18-9(11)12/h2-3,9H,1H3. The smallest absolute Gasteiger partial charge is 0.387 e. The van der Waals surface area contributed by atoms with Gasteiger partial charge >= 0.3 is 6.61 Å². The van der Waals surface area contributed by atoms with Crippen molar-refractivity contribution in [2.45, 2.75) is 6.61 Å². The van der Waals surface area contributed by atoms with Gasteiger partial charge in [-0.15, -0.1) is 0 Å². The van der Waals surface area contributed by atoms with Crippen molar-refractivity contribution in [3.63, 3.8) is 0 Å². The van der Waals surface area contributed by atoms with E-state index in [0.29, 0.717) is 0 Å². The largest absolute Gasteiger partial charge is 0.493 e. The number of hydrogen-bond acceptors (Lipinski definition) is 5. The molecular formula is C9H6ClF2NO5. The second-order valence-corrected chi connectivity index (χ2v) is 3.28. The van der Waals surface area contributed by atoms with E-state index < -0.39 is 33.8 Å². The third-order valence-corrected chi connectivity index (χ3v) is 2.09. The second-order valence-electron chi connectivity index (χ2n) is 2.93. The van der Waals surface area contributed by atoms with Crippen LogP contribution in [0.15, 0.2) is 12.1 Å². The van der Waals surface area contributed by atoms with Crippen molar-refractivity contribution in [1.82, 2.24) is 0 Å². The lowest BCUT2D eigenvalue weighted by Crippen LogP contribution is -2.08. The monoisotopic (exact) mass is 281 g/mol. The van der Waals surface area contributed by atoms with Gasteiger partial charge in [-0.3, -0.25) is 14.9 Å². The summed E-state index contributed by atoms with van der Waals surface area (Å²) in [5.41, 5.74) is -1.10. The maximum Gasteiger partial charge on any atom is 0.387 e. The molecule has 0 atom stereocenters. The van der Waals surface area contributed by atoms with Crippen molar-refractivity contribution in [3.05, 3.63) is 27.8 Å². The molecule has 6 nitrogen and oxygen atoms in total. The third-order valence-electron chi connectivity index (χ3n) is 1.89. The summed E-state index contributed by atoms with van der Waals surface area (Å²) in [7, 11) is 1.08. The summed E-state index contributed by atoms with van der Waals surface area (Å²) >= 11 is 5.16. The number of nitro benzene ring substituents is 1. The average molecular weight is 282 g/mol. The molecule has 0 amide bonds. The van der Waals surface area contributed by atoms with Gasteiger partial charge in [0.05, 0.1) is 23.7 Å². The summed E-state index contributed by atoms with van der Waals surface area (Å²) < 4.78 is 33.1. The molecule has 0 aliphatic rings. The molecule has 9 heteroatoms. The topological polar surface area (TPSA) is 78.7 Å². The lowest BCUT2D eigenvalue weighted by molar-refractivity contribution is -0.385. The van der Waals surface area contributed by atoms with E-state index in [-0.39, 0.29) is 5.75 Å². The van der Waals surface area contributed by atoms with E-state index in [0.717, 1.165) is 19.2 Å². The van der Waals surface area contributed by atoms with Crippen molar-refractivity contribution in [2.75, 3.05) is 7.11 Å². The van der Waals surface area contributed by atoms with Crippen LogP contribution in [0.3, 0.4) is 0 Å². The molecule has 0 heterocycles. The Hall–Kier alpha value is -1.96. The lowest BCUT2D eigenvalue weighted by atomic mass is 10.1. The number of halogens is 3. The molecule has 0 aliphatic carbocycles. The SMILES string of the molecule is COc1cc([N+](=O)[O-])cc(C(=O)Cl)c1OC(F)F. The van der Waals surface area contributed by atoms with Gasteiger partial charge in [-0.1, -0.05) is 0 Å². The summed E-state index contributed by atoms with van der Waals surface area (Å²) in [6.45, 7) is -3.23. The summed E-state index contributed by atoms with van der Waals surface area (Å²) in [6, 6.07) is 1.58. The maximum atomic E-state index is 12.2. The molecule has 0 radical (unpaired) electrons. The van der Waals surface area contributed by atoms with E-state index >= 15 is 0 Å². The van der Waals surface area contributed by atoms with Gasteiger partial charge in [0.2, 0.25) is 0 Å². The predicted octanol–water partition coefficient (Wildman–Crippen LogP) is 2.58. The number of benzene rings is 1. The number of nitro groups is 1. The minimum Gasteiger partial charge on any atom is -0.493 e. The van der Waals surface area contributed by atoms with E-state index in [9.17, 15) is 23.7 Å². The van der Waals surface area contributed by atoms with Gasteiger partial charge in [0, 0.05) is 6.07 Å². The zero-order valence-electron chi connectivity index (χ0n) is 8.85. The number of ether oxygens (including phenoxy) is 2. The molecule has 0 saturated carbocycles. The minimum absolute atomic E-state index is 0.381. The molecule has 1 rings (SSSR count). The van der Waals surface area contributed by atoms with Gasteiger partial charge < -0.3 is 9.47 Å². The first-order valence-corrected chi connectivity index (χ1v) is 4.75. The van der Waals surface area contributed by atoms with Crippen molar-refractivity contribution in [3.8, 4) is 11.5 Å². The predicted molar refractivity (Wildman–Crippen MR) is 56.5 cm³/mol. The second kappa shape index (κ2) is 5.58.